The Labute approximate surface area is 127 Å². The molecule has 2 rings (SSSR count). The van der Waals surface area contributed by atoms with Crippen molar-refractivity contribution in [3.05, 3.63) is 63.6 Å². The van der Waals surface area contributed by atoms with Crippen LogP contribution in [0.1, 0.15) is 11.6 Å². The average Bonchev–Trinajstić information content (AvgIpc) is 2.39. The molecule has 0 heterocycles. The quantitative estimate of drug-likeness (QED) is 0.724. The summed E-state index contributed by atoms with van der Waals surface area (Å²) in [7, 11) is 0. The van der Waals surface area contributed by atoms with Crippen molar-refractivity contribution in [1.82, 2.24) is 0 Å². The van der Waals surface area contributed by atoms with Crippen LogP contribution in [0, 0.1) is 0 Å². The van der Waals surface area contributed by atoms with Crippen molar-refractivity contribution in [2.75, 3.05) is 5.32 Å². The molecule has 0 fully saturated rings. The van der Waals surface area contributed by atoms with Gasteiger partial charge in [0.15, 0.2) is 0 Å². The third kappa shape index (κ3) is 3.67. The minimum absolute atomic E-state index is 0.135. The van der Waals surface area contributed by atoms with E-state index in [0.717, 1.165) is 0 Å². The molecule has 2 aromatic rings. The van der Waals surface area contributed by atoms with Crippen LogP contribution in [0.4, 0.5) is 18.9 Å². The second-order valence-electron chi connectivity index (χ2n) is 4.15. The van der Waals surface area contributed by atoms with E-state index in [2.05, 4.69) is 21.2 Å². The largest absolute Gasteiger partial charge is 0.412 e. The first kappa shape index (κ1) is 15.2. The molecule has 0 saturated heterocycles. The number of anilines is 1. The first-order valence-electron chi connectivity index (χ1n) is 5.71. The molecule has 0 saturated carbocycles. The Kier molecular flexibility index (Phi) is 4.60. The molecule has 2 aromatic carbocycles. The molecule has 0 aromatic heterocycles. The van der Waals surface area contributed by atoms with Crippen LogP contribution in [0.25, 0.3) is 0 Å². The SMILES string of the molecule is FC(F)(F)C(Nc1cc(Br)ccc1Cl)c1ccccc1. The van der Waals surface area contributed by atoms with E-state index < -0.39 is 12.2 Å². The maximum atomic E-state index is 13.2. The number of alkyl halides is 3. The zero-order valence-electron chi connectivity index (χ0n) is 10.1. The molecule has 1 N–H and O–H groups in total. The lowest BCUT2D eigenvalue weighted by Gasteiger charge is -2.23. The fraction of sp³-hybridized carbons (Fsp3) is 0.143. The van der Waals surface area contributed by atoms with E-state index in [1.165, 1.54) is 24.3 Å². The van der Waals surface area contributed by atoms with E-state index in [-0.39, 0.29) is 16.3 Å². The van der Waals surface area contributed by atoms with Gasteiger partial charge in [0.1, 0.15) is 6.04 Å². The molecule has 1 nitrogen and oxygen atoms in total. The molecule has 0 radical (unpaired) electrons. The number of hydrogen-bond donors (Lipinski definition) is 1. The van der Waals surface area contributed by atoms with Gasteiger partial charge in [-0.15, -0.1) is 0 Å². The fourth-order valence-corrected chi connectivity index (χ4v) is 2.30. The fourth-order valence-electron chi connectivity index (χ4n) is 1.76. The zero-order chi connectivity index (χ0) is 14.8. The van der Waals surface area contributed by atoms with Crippen LogP contribution in [0.3, 0.4) is 0 Å². The van der Waals surface area contributed by atoms with Gasteiger partial charge in [0.05, 0.1) is 10.7 Å². The average molecular weight is 365 g/mol. The van der Waals surface area contributed by atoms with Crippen molar-refractivity contribution in [2.45, 2.75) is 12.2 Å². The number of benzene rings is 2. The van der Waals surface area contributed by atoms with Crippen molar-refractivity contribution in [2.24, 2.45) is 0 Å². The summed E-state index contributed by atoms with van der Waals surface area (Å²) >= 11 is 9.14. The summed E-state index contributed by atoms with van der Waals surface area (Å²) in [6, 6.07) is 10.6. The lowest BCUT2D eigenvalue weighted by Crippen LogP contribution is -2.28. The summed E-state index contributed by atoms with van der Waals surface area (Å²) in [5.41, 5.74) is 0.364. The predicted molar refractivity (Wildman–Crippen MR) is 78.0 cm³/mol. The Balaban J connectivity index is 2.37. The normalized spacial score (nSPS) is 13.1. The van der Waals surface area contributed by atoms with Crippen molar-refractivity contribution in [3.8, 4) is 0 Å². The van der Waals surface area contributed by atoms with Crippen molar-refractivity contribution in [3.63, 3.8) is 0 Å². The van der Waals surface area contributed by atoms with Crippen molar-refractivity contribution >= 4 is 33.2 Å². The smallest absolute Gasteiger partial charge is 0.369 e. The van der Waals surface area contributed by atoms with E-state index in [1.807, 2.05) is 0 Å². The first-order chi connectivity index (χ1) is 9.38. The number of hydrogen-bond acceptors (Lipinski definition) is 1. The highest BCUT2D eigenvalue weighted by Crippen LogP contribution is 2.37. The molecule has 0 amide bonds. The second kappa shape index (κ2) is 6.06. The topological polar surface area (TPSA) is 12.0 Å². The highest BCUT2D eigenvalue weighted by Gasteiger charge is 2.41. The molecule has 0 aliphatic heterocycles. The molecular weight excluding hydrogens is 355 g/mol. The number of halogens is 5. The van der Waals surface area contributed by atoms with Crippen LogP contribution in [0.2, 0.25) is 5.02 Å². The highest BCUT2D eigenvalue weighted by atomic mass is 79.9. The van der Waals surface area contributed by atoms with Crippen molar-refractivity contribution in [1.29, 1.82) is 0 Å². The molecule has 106 valence electrons. The number of nitrogens with one attached hydrogen (secondary N) is 1. The van der Waals surface area contributed by atoms with Gasteiger partial charge >= 0.3 is 6.18 Å². The van der Waals surface area contributed by atoms with E-state index in [9.17, 15) is 13.2 Å². The summed E-state index contributed by atoms with van der Waals surface area (Å²) in [6.45, 7) is 0. The molecule has 0 aliphatic rings. The summed E-state index contributed by atoms with van der Waals surface area (Å²) in [6.07, 6.45) is -4.42. The Morgan fingerprint density at radius 3 is 2.30 bits per heavy atom. The molecule has 1 unspecified atom stereocenters. The third-order valence-corrected chi connectivity index (χ3v) is 3.51. The van der Waals surface area contributed by atoms with E-state index in [1.54, 1.807) is 24.3 Å². The summed E-state index contributed by atoms with van der Waals surface area (Å²) in [4.78, 5) is 0. The van der Waals surface area contributed by atoms with E-state index >= 15 is 0 Å². The van der Waals surface area contributed by atoms with Crippen LogP contribution in [0.15, 0.2) is 53.0 Å². The molecule has 0 aliphatic carbocycles. The minimum atomic E-state index is -4.42. The van der Waals surface area contributed by atoms with E-state index in [0.29, 0.717) is 4.47 Å². The Morgan fingerprint density at radius 1 is 1.05 bits per heavy atom. The van der Waals surface area contributed by atoms with Crippen molar-refractivity contribution < 1.29 is 13.2 Å². The zero-order valence-corrected chi connectivity index (χ0v) is 12.4. The van der Waals surface area contributed by atoms with Crippen LogP contribution >= 0.6 is 27.5 Å². The maximum absolute atomic E-state index is 13.2. The monoisotopic (exact) mass is 363 g/mol. The van der Waals surface area contributed by atoms with Gasteiger partial charge < -0.3 is 5.32 Å². The van der Waals surface area contributed by atoms with Crippen LogP contribution in [-0.4, -0.2) is 6.18 Å². The van der Waals surface area contributed by atoms with Gasteiger partial charge in [0.2, 0.25) is 0 Å². The van der Waals surface area contributed by atoms with Gasteiger partial charge in [-0.2, -0.15) is 13.2 Å². The molecule has 20 heavy (non-hydrogen) atoms. The standard InChI is InChI=1S/C14H10BrClF3N/c15-10-6-7-11(16)12(8-10)20-13(14(17,18)19)9-4-2-1-3-5-9/h1-8,13,20H. The van der Waals surface area contributed by atoms with Gasteiger partial charge in [-0.3, -0.25) is 0 Å². The Morgan fingerprint density at radius 2 is 1.70 bits per heavy atom. The molecule has 0 spiro atoms. The van der Waals surface area contributed by atoms with Gasteiger partial charge in [-0.1, -0.05) is 57.9 Å². The highest BCUT2D eigenvalue weighted by molar-refractivity contribution is 9.10. The minimum Gasteiger partial charge on any atom is -0.369 e. The van der Waals surface area contributed by atoms with Crippen LogP contribution < -0.4 is 5.32 Å². The lowest BCUT2D eigenvalue weighted by molar-refractivity contribution is -0.144. The number of rotatable bonds is 3. The lowest BCUT2D eigenvalue weighted by atomic mass is 10.1. The summed E-state index contributed by atoms with van der Waals surface area (Å²) in [5, 5.41) is 2.69. The Bertz CT molecular complexity index is 587. The van der Waals surface area contributed by atoms with Crippen LogP contribution in [-0.2, 0) is 0 Å². The first-order valence-corrected chi connectivity index (χ1v) is 6.88. The summed E-state index contributed by atoms with van der Waals surface area (Å²) in [5.74, 6) is 0. The molecular formula is C14H10BrClF3N. The third-order valence-electron chi connectivity index (χ3n) is 2.69. The van der Waals surface area contributed by atoms with Crippen LogP contribution in [0.5, 0.6) is 0 Å². The van der Waals surface area contributed by atoms with Gasteiger partial charge in [0.25, 0.3) is 0 Å². The second-order valence-corrected chi connectivity index (χ2v) is 5.48. The van der Waals surface area contributed by atoms with Gasteiger partial charge in [0, 0.05) is 4.47 Å². The van der Waals surface area contributed by atoms with E-state index in [4.69, 9.17) is 11.6 Å². The molecule has 6 heteroatoms. The maximum Gasteiger partial charge on any atom is 0.412 e. The summed E-state index contributed by atoms with van der Waals surface area (Å²) < 4.78 is 40.3. The molecule has 1 atom stereocenters. The Hall–Kier alpha value is -1.20. The predicted octanol–water partition coefficient (Wildman–Crippen LogP) is 5.82. The van der Waals surface area contributed by atoms with Gasteiger partial charge in [-0.25, -0.2) is 0 Å². The molecule has 0 bridgehead atoms. The van der Waals surface area contributed by atoms with Gasteiger partial charge in [-0.05, 0) is 23.8 Å².